The molecule has 0 unspecified atom stereocenters. The highest BCUT2D eigenvalue weighted by Crippen LogP contribution is 2.32. The van der Waals surface area contributed by atoms with Crippen molar-refractivity contribution in [2.75, 3.05) is 18.5 Å². The lowest BCUT2D eigenvalue weighted by molar-refractivity contribution is -0.122. The Kier molecular flexibility index (Phi) is 4.98. The number of halogens is 2. The predicted molar refractivity (Wildman–Crippen MR) is 89.7 cm³/mol. The van der Waals surface area contributed by atoms with Crippen molar-refractivity contribution in [1.82, 2.24) is 4.98 Å². The topological polar surface area (TPSA) is 51.2 Å². The second kappa shape index (κ2) is 6.96. The van der Waals surface area contributed by atoms with Gasteiger partial charge in [-0.2, -0.15) is 0 Å². The number of hydrogen-bond acceptors (Lipinski definition) is 4. The molecule has 116 valence electrons. The van der Waals surface area contributed by atoms with E-state index in [1.165, 1.54) is 11.3 Å². The van der Waals surface area contributed by atoms with E-state index in [9.17, 15) is 4.79 Å². The number of carbonyl (C=O) groups excluding carboxylic acids is 1. The monoisotopic (exact) mass is 356 g/mol. The van der Waals surface area contributed by atoms with E-state index >= 15 is 0 Å². The van der Waals surface area contributed by atoms with Crippen molar-refractivity contribution in [2.45, 2.75) is 12.8 Å². The summed E-state index contributed by atoms with van der Waals surface area (Å²) in [6.45, 7) is 1.28. The van der Waals surface area contributed by atoms with Crippen LogP contribution in [0.4, 0.5) is 5.13 Å². The molecule has 3 rings (SSSR count). The van der Waals surface area contributed by atoms with Gasteiger partial charge in [-0.05, 0) is 31.0 Å². The molecular weight excluding hydrogens is 343 g/mol. The van der Waals surface area contributed by atoms with Crippen molar-refractivity contribution in [3.8, 4) is 11.3 Å². The van der Waals surface area contributed by atoms with E-state index in [-0.39, 0.29) is 11.8 Å². The Balaban J connectivity index is 1.72. The van der Waals surface area contributed by atoms with Crippen LogP contribution >= 0.6 is 34.5 Å². The molecule has 2 heterocycles. The summed E-state index contributed by atoms with van der Waals surface area (Å²) in [5, 5.41) is 6.45. The van der Waals surface area contributed by atoms with Crippen LogP contribution in [-0.4, -0.2) is 24.1 Å². The van der Waals surface area contributed by atoms with Gasteiger partial charge in [-0.25, -0.2) is 4.98 Å². The van der Waals surface area contributed by atoms with E-state index in [2.05, 4.69) is 10.3 Å². The Morgan fingerprint density at radius 2 is 2.09 bits per heavy atom. The van der Waals surface area contributed by atoms with Gasteiger partial charge in [0.05, 0.1) is 10.7 Å². The Hall–Kier alpha value is -1.14. The molecule has 1 aliphatic rings. The summed E-state index contributed by atoms with van der Waals surface area (Å²) in [4.78, 5) is 16.6. The summed E-state index contributed by atoms with van der Waals surface area (Å²) in [6, 6.07) is 5.27. The molecule has 0 aliphatic carbocycles. The Labute approximate surface area is 142 Å². The number of rotatable bonds is 3. The van der Waals surface area contributed by atoms with Crippen LogP contribution in [0.15, 0.2) is 23.6 Å². The van der Waals surface area contributed by atoms with Crippen LogP contribution in [0.2, 0.25) is 10.0 Å². The lowest BCUT2D eigenvalue weighted by atomic mass is 10.00. The molecular formula is C15H14Cl2N2O2S. The third-order valence-electron chi connectivity index (χ3n) is 3.53. The number of nitrogens with zero attached hydrogens (tertiary/aromatic N) is 1. The molecule has 1 aromatic carbocycles. The molecule has 1 fully saturated rings. The Bertz CT molecular complexity index is 684. The van der Waals surface area contributed by atoms with Crippen LogP contribution in [0, 0.1) is 5.92 Å². The second-order valence-corrected chi connectivity index (χ2v) is 6.74. The number of anilines is 1. The van der Waals surface area contributed by atoms with E-state index in [1.807, 2.05) is 11.4 Å². The maximum absolute atomic E-state index is 12.2. The molecule has 4 nitrogen and oxygen atoms in total. The van der Waals surface area contributed by atoms with Gasteiger partial charge < -0.3 is 10.1 Å². The summed E-state index contributed by atoms with van der Waals surface area (Å²) in [5.41, 5.74) is 1.53. The molecule has 0 saturated carbocycles. The number of aromatic nitrogens is 1. The quantitative estimate of drug-likeness (QED) is 0.881. The summed E-state index contributed by atoms with van der Waals surface area (Å²) in [7, 11) is 0. The highest BCUT2D eigenvalue weighted by molar-refractivity contribution is 7.14. The first-order chi connectivity index (χ1) is 10.6. The molecule has 1 aliphatic heterocycles. The maximum atomic E-state index is 12.2. The number of thiazole rings is 1. The molecule has 0 bridgehead atoms. The van der Waals surface area contributed by atoms with Gasteiger partial charge in [0.1, 0.15) is 0 Å². The van der Waals surface area contributed by atoms with E-state index in [0.29, 0.717) is 28.4 Å². The zero-order valence-electron chi connectivity index (χ0n) is 11.6. The zero-order valence-corrected chi connectivity index (χ0v) is 14.0. The fraction of sp³-hybridized carbons (Fsp3) is 0.333. The van der Waals surface area contributed by atoms with Crippen molar-refractivity contribution in [3.05, 3.63) is 33.6 Å². The molecule has 0 spiro atoms. The molecule has 1 amide bonds. The largest absolute Gasteiger partial charge is 0.381 e. The molecule has 1 aromatic heterocycles. The Morgan fingerprint density at radius 1 is 1.32 bits per heavy atom. The smallest absolute Gasteiger partial charge is 0.229 e. The third-order valence-corrected chi connectivity index (χ3v) is 4.84. The molecule has 0 radical (unpaired) electrons. The minimum atomic E-state index is 0.000204. The first-order valence-corrected chi connectivity index (χ1v) is 8.56. The van der Waals surface area contributed by atoms with E-state index in [1.54, 1.807) is 12.1 Å². The van der Waals surface area contributed by atoms with Crippen LogP contribution in [-0.2, 0) is 9.53 Å². The minimum Gasteiger partial charge on any atom is -0.381 e. The van der Waals surface area contributed by atoms with Crippen molar-refractivity contribution >= 4 is 45.6 Å². The van der Waals surface area contributed by atoms with Gasteiger partial charge in [0.15, 0.2) is 5.13 Å². The molecule has 1 saturated heterocycles. The minimum absolute atomic E-state index is 0.000204. The Morgan fingerprint density at radius 3 is 2.82 bits per heavy atom. The van der Waals surface area contributed by atoms with Crippen molar-refractivity contribution < 1.29 is 9.53 Å². The zero-order chi connectivity index (χ0) is 15.5. The van der Waals surface area contributed by atoms with Crippen LogP contribution in [0.5, 0.6) is 0 Å². The first kappa shape index (κ1) is 15.7. The molecule has 7 heteroatoms. The fourth-order valence-corrected chi connectivity index (χ4v) is 3.54. The van der Waals surface area contributed by atoms with Crippen LogP contribution in [0.3, 0.4) is 0 Å². The standard InChI is InChI=1S/C15H14Cl2N2O2S/c16-10-1-2-11(12(17)7-10)13-8-22-15(18-13)19-14(20)9-3-5-21-6-4-9/h1-2,7-9H,3-6H2,(H,18,19,20). The van der Waals surface area contributed by atoms with Crippen LogP contribution in [0.1, 0.15) is 12.8 Å². The van der Waals surface area contributed by atoms with Gasteiger partial charge in [-0.15, -0.1) is 11.3 Å². The molecule has 2 aromatic rings. The number of hydrogen-bond donors (Lipinski definition) is 1. The SMILES string of the molecule is O=C(Nc1nc(-c2ccc(Cl)cc2Cl)cs1)C1CCOCC1. The van der Waals surface area contributed by atoms with Gasteiger partial charge in [0.2, 0.25) is 5.91 Å². The third kappa shape index (κ3) is 3.60. The second-order valence-electron chi connectivity index (χ2n) is 5.04. The van der Waals surface area contributed by atoms with E-state index < -0.39 is 0 Å². The van der Waals surface area contributed by atoms with Gasteiger partial charge >= 0.3 is 0 Å². The average Bonchev–Trinajstić information content (AvgIpc) is 2.96. The van der Waals surface area contributed by atoms with Crippen LogP contribution in [0.25, 0.3) is 11.3 Å². The van der Waals surface area contributed by atoms with Crippen molar-refractivity contribution in [2.24, 2.45) is 5.92 Å². The number of ether oxygens (including phenoxy) is 1. The summed E-state index contributed by atoms with van der Waals surface area (Å²) >= 11 is 13.5. The van der Waals surface area contributed by atoms with Crippen molar-refractivity contribution in [1.29, 1.82) is 0 Å². The summed E-state index contributed by atoms with van der Waals surface area (Å²) in [5.74, 6) is 0.00613. The highest BCUT2D eigenvalue weighted by Gasteiger charge is 2.22. The number of nitrogens with one attached hydrogen (secondary N) is 1. The lowest BCUT2D eigenvalue weighted by Gasteiger charge is -2.20. The van der Waals surface area contributed by atoms with Gasteiger partial charge in [-0.1, -0.05) is 23.2 Å². The normalized spacial score (nSPS) is 15.7. The van der Waals surface area contributed by atoms with Gasteiger partial charge in [0.25, 0.3) is 0 Å². The van der Waals surface area contributed by atoms with Crippen molar-refractivity contribution in [3.63, 3.8) is 0 Å². The predicted octanol–water partition coefficient (Wildman–Crippen LogP) is 4.48. The highest BCUT2D eigenvalue weighted by atomic mass is 35.5. The number of amides is 1. The summed E-state index contributed by atoms with van der Waals surface area (Å²) in [6.07, 6.45) is 1.51. The lowest BCUT2D eigenvalue weighted by Crippen LogP contribution is -2.28. The molecule has 22 heavy (non-hydrogen) atoms. The average molecular weight is 357 g/mol. The van der Waals surface area contributed by atoms with E-state index in [0.717, 1.165) is 24.1 Å². The summed E-state index contributed by atoms with van der Waals surface area (Å²) < 4.78 is 5.27. The number of carbonyl (C=O) groups is 1. The molecule has 0 atom stereocenters. The number of benzene rings is 1. The maximum Gasteiger partial charge on any atom is 0.229 e. The van der Waals surface area contributed by atoms with Crippen LogP contribution < -0.4 is 5.32 Å². The molecule has 1 N–H and O–H groups in total. The van der Waals surface area contributed by atoms with Gasteiger partial charge in [-0.3, -0.25) is 4.79 Å². The van der Waals surface area contributed by atoms with Gasteiger partial charge in [0, 0.05) is 35.1 Å². The first-order valence-electron chi connectivity index (χ1n) is 6.93. The fourth-order valence-electron chi connectivity index (χ4n) is 2.32. The van der Waals surface area contributed by atoms with E-state index in [4.69, 9.17) is 27.9 Å².